The van der Waals surface area contributed by atoms with Gasteiger partial charge in [0.2, 0.25) is 5.88 Å². The minimum atomic E-state index is 0.306. The zero-order chi connectivity index (χ0) is 20.8. The Morgan fingerprint density at radius 2 is 1.93 bits per heavy atom. The van der Waals surface area contributed by atoms with Crippen molar-refractivity contribution in [2.24, 2.45) is 4.99 Å². The minimum absolute atomic E-state index is 0.306. The van der Waals surface area contributed by atoms with Crippen molar-refractivity contribution in [1.29, 1.82) is 5.26 Å². The number of furan rings is 1. The number of benzene rings is 2. The van der Waals surface area contributed by atoms with Crippen LogP contribution in [0.3, 0.4) is 0 Å². The fourth-order valence-electron chi connectivity index (χ4n) is 2.76. The van der Waals surface area contributed by atoms with Crippen LogP contribution in [0.5, 0.6) is 11.5 Å². The first-order valence-electron chi connectivity index (χ1n) is 9.20. The normalized spacial score (nSPS) is 10.9. The first-order valence-corrected chi connectivity index (χ1v) is 10.00. The molecule has 1 heterocycles. The number of halogens is 1. The lowest BCUT2D eigenvalue weighted by molar-refractivity contribution is 0.267. The molecule has 0 aliphatic rings. The van der Waals surface area contributed by atoms with E-state index in [4.69, 9.17) is 13.9 Å². The van der Waals surface area contributed by atoms with Crippen molar-refractivity contribution >= 4 is 28.0 Å². The molecule has 0 bridgehead atoms. The van der Waals surface area contributed by atoms with Gasteiger partial charge in [0.1, 0.15) is 24.0 Å². The molecule has 3 aromatic rings. The fourth-order valence-corrected chi connectivity index (χ4v) is 3.33. The van der Waals surface area contributed by atoms with E-state index in [-0.39, 0.29) is 0 Å². The van der Waals surface area contributed by atoms with Gasteiger partial charge in [0, 0.05) is 11.8 Å². The van der Waals surface area contributed by atoms with Gasteiger partial charge in [0.15, 0.2) is 11.5 Å². The van der Waals surface area contributed by atoms with Gasteiger partial charge in [-0.25, -0.2) is 4.99 Å². The van der Waals surface area contributed by atoms with Crippen LogP contribution in [0.25, 0.3) is 0 Å². The summed E-state index contributed by atoms with van der Waals surface area (Å²) in [4.78, 5) is 4.36. The van der Waals surface area contributed by atoms with Crippen LogP contribution < -0.4 is 9.47 Å². The molecular formula is C23H21BrN2O3. The van der Waals surface area contributed by atoms with Crippen LogP contribution in [0.1, 0.15) is 34.9 Å². The largest absolute Gasteiger partial charge is 0.490 e. The van der Waals surface area contributed by atoms with E-state index in [9.17, 15) is 5.26 Å². The van der Waals surface area contributed by atoms with Crippen molar-refractivity contribution < 1.29 is 13.9 Å². The van der Waals surface area contributed by atoms with Crippen molar-refractivity contribution in [3.05, 3.63) is 75.0 Å². The topological polar surface area (TPSA) is 67.8 Å². The lowest BCUT2D eigenvalue weighted by Gasteiger charge is -2.14. The molecule has 0 aliphatic heterocycles. The lowest BCUT2D eigenvalue weighted by Crippen LogP contribution is -2.01. The summed E-state index contributed by atoms with van der Waals surface area (Å²) < 4.78 is 18.1. The van der Waals surface area contributed by atoms with Crippen LogP contribution >= 0.6 is 15.9 Å². The van der Waals surface area contributed by atoms with Gasteiger partial charge >= 0.3 is 0 Å². The van der Waals surface area contributed by atoms with Gasteiger partial charge in [-0.05, 0) is 60.0 Å². The van der Waals surface area contributed by atoms with Crippen LogP contribution in [0.2, 0.25) is 0 Å². The molecule has 0 amide bonds. The Kier molecular flexibility index (Phi) is 6.73. The maximum atomic E-state index is 9.33. The van der Waals surface area contributed by atoms with Crippen LogP contribution in [0.15, 0.2) is 56.3 Å². The summed E-state index contributed by atoms with van der Waals surface area (Å²) in [5.74, 6) is 2.25. The van der Waals surface area contributed by atoms with E-state index in [1.54, 1.807) is 6.21 Å². The van der Waals surface area contributed by atoms with Gasteiger partial charge in [0.05, 0.1) is 11.1 Å². The predicted octanol–water partition coefficient (Wildman–Crippen LogP) is 6.26. The first kappa shape index (κ1) is 20.7. The average molecular weight is 453 g/mol. The van der Waals surface area contributed by atoms with Crippen molar-refractivity contribution in [2.75, 3.05) is 6.61 Å². The smallest absolute Gasteiger partial charge is 0.237 e. The van der Waals surface area contributed by atoms with Crippen LogP contribution in [-0.4, -0.2) is 12.8 Å². The summed E-state index contributed by atoms with van der Waals surface area (Å²) in [7, 11) is 0. The third-order valence-corrected chi connectivity index (χ3v) is 4.96. The van der Waals surface area contributed by atoms with E-state index in [0.29, 0.717) is 41.9 Å². The second-order valence-corrected chi connectivity index (χ2v) is 7.23. The van der Waals surface area contributed by atoms with Gasteiger partial charge in [0.25, 0.3) is 0 Å². The molecule has 0 saturated heterocycles. The summed E-state index contributed by atoms with van der Waals surface area (Å²) in [6.07, 6.45) is 1.65. The summed E-state index contributed by atoms with van der Waals surface area (Å²) in [6.45, 7) is 6.52. The third-order valence-electron chi connectivity index (χ3n) is 4.37. The highest BCUT2D eigenvalue weighted by Gasteiger charge is 2.15. The Hall–Kier alpha value is -3.04. The van der Waals surface area contributed by atoms with E-state index in [1.807, 2.05) is 63.2 Å². The number of hydrogen-bond donors (Lipinski definition) is 0. The van der Waals surface area contributed by atoms with Crippen LogP contribution in [0.4, 0.5) is 5.88 Å². The van der Waals surface area contributed by atoms with Gasteiger partial charge in [-0.3, -0.25) is 0 Å². The highest BCUT2D eigenvalue weighted by Crippen LogP contribution is 2.37. The Bertz CT molecular complexity index is 1070. The van der Waals surface area contributed by atoms with E-state index in [2.05, 4.69) is 27.0 Å². The van der Waals surface area contributed by atoms with Crippen molar-refractivity contribution in [3.63, 3.8) is 0 Å². The van der Waals surface area contributed by atoms with Crippen molar-refractivity contribution in [3.8, 4) is 17.6 Å². The quantitative estimate of drug-likeness (QED) is 0.396. The van der Waals surface area contributed by atoms with Crippen LogP contribution in [0, 0.1) is 25.2 Å². The maximum absolute atomic E-state index is 9.33. The van der Waals surface area contributed by atoms with Gasteiger partial charge in [-0.2, -0.15) is 5.26 Å². The molecule has 0 aliphatic carbocycles. The van der Waals surface area contributed by atoms with Gasteiger partial charge in [-0.15, -0.1) is 0 Å². The molecule has 0 spiro atoms. The molecule has 1 aromatic heterocycles. The molecule has 6 heteroatoms. The monoisotopic (exact) mass is 452 g/mol. The Morgan fingerprint density at radius 1 is 1.17 bits per heavy atom. The first-order chi connectivity index (χ1) is 14.0. The van der Waals surface area contributed by atoms with E-state index < -0.39 is 0 Å². The Morgan fingerprint density at radius 3 is 2.62 bits per heavy atom. The third kappa shape index (κ3) is 4.87. The molecule has 3 rings (SSSR count). The number of nitriles is 1. The zero-order valence-electron chi connectivity index (χ0n) is 16.5. The van der Waals surface area contributed by atoms with E-state index in [0.717, 1.165) is 21.2 Å². The highest BCUT2D eigenvalue weighted by molar-refractivity contribution is 9.10. The number of aliphatic imine (C=N–C) groups is 1. The fraction of sp³-hybridized carbons (Fsp3) is 0.217. The second kappa shape index (κ2) is 9.44. The average Bonchev–Trinajstić information content (AvgIpc) is 2.99. The Balaban J connectivity index is 1.87. The minimum Gasteiger partial charge on any atom is -0.490 e. The molecule has 0 unspecified atom stereocenters. The predicted molar refractivity (Wildman–Crippen MR) is 116 cm³/mol. The molecule has 0 atom stereocenters. The highest BCUT2D eigenvalue weighted by atomic mass is 79.9. The van der Waals surface area contributed by atoms with E-state index in [1.165, 1.54) is 0 Å². The van der Waals surface area contributed by atoms with Crippen molar-refractivity contribution in [1.82, 2.24) is 0 Å². The van der Waals surface area contributed by atoms with Gasteiger partial charge < -0.3 is 13.9 Å². The lowest BCUT2D eigenvalue weighted by atomic mass is 10.2. The van der Waals surface area contributed by atoms with E-state index >= 15 is 0 Å². The standard InChI is InChI=1S/C23H21BrN2O3/c1-4-27-21-11-18(13-26-23-19(12-25)15(2)16(3)29-23)10-20(24)22(21)28-14-17-8-6-5-7-9-17/h5-11,13H,4,14H2,1-3H3. The number of aryl methyl sites for hydroxylation is 1. The summed E-state index contributed by atoms with van der Waals surface area (Å²) in [5.41, 5.74) is 3.12. The number of rotatable bonds is 7. The maximum Gasteiger partial charge on any atom is 0.237 e. The molecule has 0 fully saturated rings. The molecule has 29 heavy (non-hydrogen) atoms. The SMILES string of the molecule is CCOc1cc(C=Nc2oc(C)c(C)c2C#N)cc(Br)c1OCc1ccccc1. The molecular weight excluding hydrogens is 432 g/mol. The molecule has 5 nitrogen and oxygen atoms in total. The summed E-state index contributed by atoms with van der Waals surface area (Å²) >= 11 is 3.57. The molecule has 0 N–H and O–H groups in total. The van der Waals surface area contributed by atoms with Gasteiger partial charge in [-0.1, -0.05) is 30.3 Å². The van der Waals surface area contributed by atoms with Crippen molar-refractivity contribution in [2.45, 2.75) is 27.4 Å². The molecule has 0 radical (unpaired) electrons. The molecule has 0 saturated carbocycles. The number of ether oxygens (including phenoxy) is 2. The number of nitrogens with zero attached hydrogens (tertiary/aromatic N) is 2. The second-order valence-electron chi connectivity index (χ2n) is 6.37. The number of hydrogen-bond acceptors (Lipinski definition) is 5. The summed E-state index contributed by atoms with van der Waals surface area (Å²) in [6, 6.07) is 15.8. The molecule has 2 aromatic carbocycles. The van der Waals surface area contributed by atoms with Crippen LogP contribution in [-0.2, 0) is 6.61 Å². The summed E-state index contributed by atoms with van der Waals surface area (Å²) in [5, 5.41) is 9.33. The zero-order valence-corrected chi connectivity index (χ0v) is 18.1. The Labute approximate surface area is 178 Å². The molecule has 148 valence electrons.